The molecule has 2 aromatic rings. The number of hydrogen-bond acceptors (Lipinski definition) is 5. The highest BCUT2D eigenvalue weighted by molar-refractivity contribution is 8.27. The van der Waals surface area contributed by atoms with Crippen molar-refractivity contribution in [2.24, 2.45) is 0 Å². The van der Waals surface area contributed by atoms with Crippen molar-refractivity contribution in [1.82, 2.24) is 0 Å². The number of benzene rings is 2. The van der Waals surface area contributed by atoms with Crippen LogP contribution in [0.25, 0.3) is 6.08 Å². The van der Waals surface area contributed by atoms with Crippen molar-refractivity contribution in [3.05, 3.63) is 64.6 Å². The van der Waals surface area contributed by atoms with Gasteiger partial charge >= 0.3 is 0 Å². The molecule has 1 aliphatic heterocycles. The Morgan fingerprint density at radius 2 is 1.69 bits per heavy atom. The van der Waals surface area contributed by atoms with Crippen LogP contribution in [0.15, 0.2) is 53.4 Å². The number of amides is 2. The molecule has 1 heterocycles. The molecule has 5 nitrogen and oxygen atoms in total. The molecule has 0 aliphatic carbocycles. The van der Waals surface area contributed by atoms with Crippen LogP contribution in [0, 0.1) is 0 Å². The van der Waals surface area contributed by atoms with Gasteiger partial charge in [-0.05, 0) is 35.9 Å². The maximum Gasteiger partial charge on any atom is 0.270 e. The smallest absolute Gasteiger partial charge is 0.270 e. The van der Waals surface area contributed by atoms with Gasteiger partial charge in [0.25, 0.3) is 5.91 Å². The number of aldehydes is 1. The van der Waals surface area contributed by atoms with Gasteiger partial charge in [-0.1, -0.05) is 48.2 Å². The number of carbonyl (C=O) groups is 3. The quantitative estimate of drug-likeness (QED) is 0.494. The molecule has 0 atom stereocenters. The molecule has 2 aromatic carbocycles. The minimum Gasteiger partial charge on any atom is -0.326 e. The first kappa shape index (κ1) is 18.0. The Labute approximate surface area is 160 Å². The SMILES string of the molecule is CC(=O)Nc1ccc(N2C(=O)C(=Cc3ccc(C=O)cc3)SC2=S)cc1. The fourth-order valence-corrected chi connectivity index (χ4v) is 3.71. The van der Waals surface area contributed by atoms with E-state index >= 15 is 0 Å². The average molecular weight is 382 g/mol. The van der Waals surface area contributed by atoms with Gasteiger partial charge in [0, 0.05) is 18.2 Å². The number of thiocarbonyl (C=S) groups is 1. The molecule has 1 aliphatic rings. The summed E-state index contributed by atoms with van der Waals surface area (Å²) in [5.41, 5.74) is 2.69. The van der Waals surface area contributed by atoms with Crippen LogP contribution in [0.4, 0.5) is 11.4 Å². The Balaban J connectivity index is 1.82. The lowest BCUT2D eigenvalue weighted by Crippen LogP contribution is -2.27. The summed E-state index contributed by atoms with van der Waals surface area (Å²) < 4.78 is 0.443. The van der Waals surface area contributed by atoms with Gasteiger partial charge in [0.1, 0.15) is 6.29 Å². The van der Waals surface area contributed by atoms with Gasteiger partial charge in [-0.25, -0.2) is 0 Å². The molecule has 0 unspecified atom stereocenters. The van der Waals surface area contributed by atoms with E-state index in [1.54, 1.807) is 54.6 Å². The summed E-state index contributed by atoms with van der Waals surface area (Å²) in [6, 6.07) is 13.8. The summed E-state index contributed by atoms with van der Waals surface area (Å²) in [5.74, 6) is -0.362. The second-order valence-electron chi connectivity index (χ2n) is 5.53. The molecule has 0 spiro atoms. The zero-order chi connectivity index (χ0) is 18.7. The van der Waals surface area contributed by atoms with Crippen molar-refractivity contribution in [2.75, 3.05) is 10.2 Å². The fraction of sp³-hybridized carbons (Fsp3) is 0.0526. The topological polar surface area (TPSA) is 66.5 Å². The van der Waals surface area contributed by atoms with Crippen LogP contribution < -0.4 is 10.2 Å². The van der Waals surface area contributed by atoms with Crippen molar-refractivity contribution in [1.29, 1.82) is 0 Å². The summed E-state index contributed by atoms with van der Waals surface area (Å²) >= 11 is 6.57. The molecule has 3 rings (SSSR count). The molecule has 2 amide bonds. The maximum absolute atomic E-state index is 12.7. The lowest BCUT2D eigenvalue weighted by atomic mass is 10.1. The maximum atomic E-state index is 12.7. The van der Waals surface area contributed by atoms with E-state index < -0.39 is 0 Å². The van der Waals surface area contributed by atoms with Crippen LogP contribution in [0.2, 0.25) is 0 Å². The van der Waals surface area contributed by atoms with Gasteiger partial charge in [0.2, 0.25) is 5.91 Å². The standard InChI is InChI=1S/C19H14N2O3S2/c1-12(23)20-15-6-8-16(9-7-15)21-18(24)17(26-19(21)25)10-13-2-4-14(11-22)5-3-13/h2-11H,1H3,(H,20,23). The number of nitrogens with zero attached hydrogens (tertiary/aromatic N) is 1. The summed E-state index contributed by atoms with van der Waals surface area (Å²) in [6.07, 6.45) is 2.52. The Hall–Kier alpha value is -2.77. The fourth-order valence-electron chi connectivity index (χ4n) is 2.41. The summed E-state index contributed by atoms with van der Waals surface area (Å²) in [6.45, 7) is 1.43. The summed E-state index contributed by atoms with van der Waals surface area (Å²) in [4.78, 5) is 36.5. The zero-order valence-electron chi connectivity index (χ0n) is 13.8. The third-order valence-electron chi connectivity index (χ3n) is 3.61. The number of nitrogens with one attached hydrogen (secondary N) is 1. The number of carbonyl (C=O) groups excluding carboxylic acids is 3. The molecular weight excluding hydrogens is 368 g/mol. The lowest BCUT2D eigenvalue weighted by Gasteiger charge is -2.15. The lowest BCUT2D eigenvalue weighted by molar-refractivity contribution is -0.114. The normalized spacial score (nSPS) is 15.4. The van der Waals surface area contributed by atoms with Gasteiger partial charge in [0.15, 0.2) is 4.32 Å². The molecule has 7 heteroatoms. The molecule has 26 heavy (non-hydrogen) atoms. The first-order valence-electron chi connectivity index (χ1n) is 7.69. The van der Waals surface area contributed by atoms with Crippen LogP contribution in [0.3, 0.4) is 0 Å². The highest BCUT2D eigenvalue weighted by Gasteiger charge is 2.33. The average Bonchev–Trinajstić information content (AvgIpc) is 2.89. The van der Waals surface area contributed by atoms with Crippen LogP contribution >= 0.6 is 24.0 Å². The van der Waals surface area contributed by atoms with E-state index in [4.69, 9.17) is 12.2 Å². The van der Waals surface area contributed by atoms with Gasteiger partial charge in [-0.3, -0.25) is 19.3 Å². The van der Waals surface area contributed by atoms with Crippen LogP contribution in [-0.4, -0.2) is 22.4 Å². The van der Waals surface area contributed by atoms with Crippen molar-refractivity contribution in [2.45, 2.75) is 6.92 Å². The number of rotatable bonds is 4. The predicted octanol–water partition coefficient (Wildman–Crippen LogP) is 3.86. The Morgan fingerprint density at radius 3 is 2.27 bits per heavy atom. The highest BCUT2D eigenvalue weighted by atomic mass is 32.2. The second kappa shape index (κ2) is 7.63. The molecule has 0 bridgehead atoms. The van der Waals surface area contributed by atoms with Crippen LogP contribution in [-0.2, 0) is 9.59 Å². The van der Waals surface area contributed by atoms with Crippen LogP contribution in [0.5, 0.6) is 0 Å². The number of anilines is 2. The van der Waals surface area contributed by atoms with E-state index in [0.717, 1.165) is 11.8 Å². The van der Waals surface area contributed by atoms with Gasteiger partial charge < -0.3 is 5.32 Å². The van der Waals surface area contributed by atoms with Gasteiger partial charge in [-0.15, -0.1) is 0 Å². The first-order valence-corrected chi connectivity index (χ1v) is 8.91. The third kappa shape index (κ3) is 3.89. The van der Waals surface area contributed by atoms with E-state index in [2.05, 4.69) is 5.32 Å². The molecular formula is C19H14N2O3S2. The molecule has 1 saturated heterocycles. The largest absolute Gasteiger partial charge is 0.326 e. The minimum absolute atomic E-state index is 0.160. The van der Waals surface area contributed by atoms with Gasteiger partial charge in [-0.2, -0.15) is 0 Å². The van der Waals surface area contributed by atoms with E-state index in [9.17, 15) is 14.4 Å². The molecule has 1 N–H and O–H groups in total. The van der Waals surface area contributed by atoms with Crippen molar-refractivity contribution >= 4 is 63.9 Å². The Bertz CT molecular complexity index is 919. The highest BCUT2D eigenvalue weighted by Crippen LogP contribution is 2.36. The van der Waals surface area contributed by atoms with Gasteiger partial charge in [0.05, 0.1) is 10.6 Å². The molecule has 1 fully saturated rings. The number of hydrogen-bond donors (Lipinski definition) is 1. The van der Waals surface area contributed by atoms with Crippen molar-refractivity contribution in [3.8, 4) is 0 Å². The number of thioether (sulfide) groups is 1. The second-order valence-corrected chi connectivity index (χ2v) is 7.21. The zero-order valence-corrected chi connectivity index (χ0v) is 15.4. The molecule has 0 radical (unpaired) electrons. The summed E-state index contributed by atoms with van der Waals surface area (Å²) in [7, 11) is 0. The molecule has 130 valence electrons. The van der Waals surface area contributed by atoms with E-state index in [1.165, 1.54) is 23.6 Å². The minimum atomic E-state index is -0.202. The van der Waals surface area contributed by atoms with E-state index in [0.29, 0.717) is 26.2 Å². The van der Waals surface area contributed by atoms with Crippen molar-refractivity contribution in [3.63, 3.8) is 0 Å². The monoisotopic (exact) mass is 382 g/mol. The Kier molecular flexibility index (Phi) is 5.29. The predicted molar refractivity (Wildman–Crippen MR) is 108 cm³/mol. The van der Waals surface area contributed by atoms with E-state index in [1.807, 2.05) is 0 Å². The van der Waals surface area contributed by atoms with Crippen LogP contribution in [0.1, 0.15) is 22.8 Å². The van der Waals surface area contributed by atoms with E-state index in [-0.39, 0.29) is 11.8 Å². The Morgan fingerprint density at radius 1 is 1.08 bits per heavy atom. The molecule has 0 saturated carbocycles. The first-order chi connectivity index (χ1) is 12.5. The van der Waals surface area contributed by atoms with Crippen molar-refractivity contribution < 1.29 is 14.4 Å². The molecule has 0 aromatic heterocycles. The summed E-state index contributed by atoms with van der Waals surface area (Å²) in [5, 5.41) is 2.68. The third-order valence-corrected chi connectivity index (χ3v) is 4.91.